The van der Waals surface area contributed by atoms with Gasteiger partial charge in [-0.05, 0) is 49.8 Å². The number of nitrogens with two attached hydrogens (primary N) is 1. The van der Waals surface area contributed by atoms with Crippen molar-refractivity contribution in [1.29, 1.82) is 0 Å². The summed E-state index contributed by atoms with van der Waals surface area (Å²) in [6, 6.07) is 4.30. The molecule has 1 aromatic heterocycles. The summed E-state index contributed by atoms with van der Waals surface area (Å²) in [6.45, 7) is 5.40. The number of hydrogen-bond donors (Lipinski definition) is 1. The Morgan fingerprint density at radius 1 is 1.50 bits per heavy atom. The van der Waals surface area contributed by atoms with Gasteiger partial charge in [-0.3, -0.25) is 4.90 Å². The quantitative estimate of drug-likeness (QED) is 0.886. The van der Waals surface area contributed by atoms with Crippen molar-refractivity contribution in [2.45, 2.75) is 25.8 Å². The second kappa shape index (κ2) is 4.90. The van der Waals surface area contributed by atoms with E-state index in [4.69, 9.17) is 10.2 Å². The van der Waals surface area contributed by atoms with Crippen molar-refractivity contribution in [1.82, 2.24) is 4.90 Å². The second-order valence-corrected chi connectivity index (χ2v) is 5.87. The Hall–Kier alpha value is -1.06. The molecule has 1 aliphatic carbocycles. The lowest BCUT2D eigenvalue weighted by atomic mass is 9.99. The van der Waals surface area contributed by atoms with Gasteiger partial charge >= 0.3 is 0 Å². The van der Waals surface area contributed by atoms with Crippen molar-refractivity contribution >= 4 is 6.08 Å². The molecule has 1 saturated heterocycles. The number of nitrogens with zero attached hydrogens (tertiary/aromatic N) is 1. The molecule has 3 nitrogen and oxygen atoms in total. The zero-order valence-corrected chi connectivity index (χ0v) is 11.0. The van der Waals surface area contributed by atoms with Gasteiger partial charge in [-0.25, -0.2) is 0 Å². The van der Waals surface area contributed by atoms with E-state index in [1.54, 1.807) is 6.26 Å². The normalized spacial score (nSPS) is 30.0. The Morgan fingerprint density at radius 3 is 3.00 bits per heavy atom. The minimum absolute atomic E-state index is 0.383. The molecule has 3 rings (SSSR count). The minimum atomic E-state index is 0.383. The van der Waals surface area contributed by atoms with Gasteiger partial charge in [0.1, 0.15) is 5.76 Å². The largest absolute Gasteiger partial charge is 0.465 e. The lowest BCUT2D eigenvalue weighted by Crippen LogP contribution is -2.30. The van der Waals surface area contributed by atoms with Crippen molar-refractivity contribution in [3.8, 4) is 0 Å². The van der Waals surface area contributed by atoms with Gasteiger partial charge in [-0.2, -0.15) is 0 Å². The third kappa shape index (κ3) is 2.68. The number of likely N-dealkylation sites (tertiary alicyclic amines) is 1. The lowest BCUT2D eigenvalue weighted by Gasteiger charge is -2.15. The highest BCUT2D eigenvalue weighted by Gasteiger charge is 2.40. The highest BCUT2D eigenvalue weighted by Crippen LogP contribution is 2.40. The fourth-order valence-corrected chi connectivity index (χ4v) is 3.11. The first-order valence-corrected chi connectivity index (χ1v) is 6.91. The summed E-state index contributed by atoms with van der Waals surface area (Å²) in [4.78, 5) is 2.49. The minimum Gasteiger partial charge on any atom is -0.465 e. The van der Waals surface area contributed by atoms with E-state index in [2.05, 4.69) is 17.9 Å². The third-order valence-corrected chi connectivity index (χ3v) is 4.12. The van der Waals surface area contributed by atoms with Gasteiger partial charge in [0, 0.05) is 25.7 Å². The maximum absolute atomic E-state index is 6.24. The van der Waals surface area contributed by atoms with Gasteiger partial charge in [0.2, 0.25) is 0 Å². The monoisotopic (exact) mass is 246 g/mol. The zero-order chi connectivity index (χ0) is 12.5. The first kappa shape index (κ1) is 12.0. The molecule has 18 heavy (non-hydrogen) atoms. The second-order valence-electron chi connectivity index (χ2n) is 5.87. The van der Waals surface area contributed by atoms with E-state index in [1.807, 2.05) is 12.1 Å². The maximum Gasteiger partial charge on any atom is 0.126 e. The Bertz CT molecular complexity index is 420. The predicted molar refractivity (Wildman–Crippen MR) is 73.0 cm³/mol. The molecule has 3 heteroatoms. The molecule has 2 heterocycles. The molecule has 98 valence electrons. The Kier molecular flexibility index (Phi) is 3.27. The van der Waals surface area contributed by atoms with Crippen LogP contribution in [0.15, 0.2) is 28.4 Å². The SMILES string of the molecule is CC(=Cc1ccco1)CN1C[C@H](C2CC2)[C@@H](N)C1. The maximum atomic E-state index is 6.24. The molecule has 1 aromatic rings. The van der Waals surface area contributed by atoms with Crippen molar-refractivity contribution in [2.24, 2.45) is 17.6 Å². The molecule has 0 aromatic carbocycles. The Labute approximate surface area is 109 Å². The van der Waals surface area contributed by atoms with Crippen LogP contribution >= 0.6 is 0 Å². The predicted octanol–water partition coefficient (Wildman–Crippen LogP) is 2.35. The standard InChI is InChI=1S/C15H22N2O/c1-11(7-13-3-2-6-18-13)8-17-9-14(12-4-5-12)15(16)10-17/h2-3,6-7,12,14-15H,4-5,8-10,16H2,1H3/t14-,15+/m1/s1. The molecule has 2 atom stereocenters. The van der Waals surface area contributed by atoms with Crippen molar-refractivity contribution in [2.75, 3.05) is 19.6 Å². The molecule has 0 unspecified atom stereocenters. The molecule has 1 saturated carbocycles. The third-order valence-electron chi connectivity index (χ3n) is 4.12. The molecule has 0 radical (unpaired) electrons. The fraction of sp³-hybridized carbons (Fsp3) is 0.600. The van der Waals surface area contributed by atoms with Crippen molar-refractivity contribution in [3.05, 3.63) is 29.7 Å². The smallest absolute Gasteiger partial charge is 0.126 e. The molecule has 2 aliphatic rings. The van der Waals surface area contributed by atoms with Crippen LogP contribution < -0.4 is 5.73 Å². The highest BCUT2D eigenvalue weighted by atomic mass is 16.3. The average Bonchev–Trinajstić information content (AvgIpc) is 2.92. The van der Waals surface area contributed by atoms with Crippen LogP contribution in [0.25, 0.3) is 6.08 Å². The van der Waals surface area contributed by atoms with Crippen molar-refractivity contribution < 1.29 is 4.42 Å². The molecule has 1 aliphatic heterocycles. The lowest BCUT2D eigenvalue weighted by molar-refractivity contribution is 0.342. The van der Waals surface area contributed by atoms with Crippen LogP contribution in [0.1, 0.15) is 25.5 Å². The first-order valence-electron chi connectivity index (χ1n) is 6.91. The summed E-state index contributed by atoms with van der Waals surface area (Å²) >= 11 is 0. The summed E-state index contributed by atoms with van der Waals surface area (Å²) in [5.74, 6) is 2.59. The van der Waals surface area contributed by atoms with E-state index < -0.39 is 0 Å². The van der Waals surface area contributed by atoms with Crippen LogP contribution in [-0.4, -0.2) is 30.6 Å². The Morgan fingerprint density at radius 2 is 2.33 bits per heavy atom. The van der Waals surface area contributed by atoms with E-state index in [-0.39, 0.29) is 0 Å². The fourth-order valence-electron chi connectivity index (χ4n) is 3.11. The van der Waals surface area contributed by atoms with Gasteiger partial charge in [0.25, 0.3) is 0 Å². The van der Waals surface area contributed by atoms with E-state index >= 15 is 0 Å². The summed E-state index contributed by atoms with van der Waals surface area (Å²) in [7, 11) is 0. The summed E-state index contributed by atoms with van der Waals surface area (Å²) in [5.41, 5.74) is 7.58. The summed E-state index contributed by atoms with van der Waals surface area (Å²) in [5, 5.41) is 0. The topological polar surface area (TPSA) is 42.4 Å². The van der Waals surface area contributed by atoms with Crippen LogP contribution in [-0.2, 0) is 0 Å². The van der Waals surface area contributed by atoms with Crippen LogP contribution in [0.5, 0.6) is 0 Å². The summed E-state index contributed by atoms with van der Waals surface area (Å²) < 4.78 is 5.34. The van der Waals surface area contributed by atoms with E-state index in [9.17, 15) is 0 Å². The number of furan rings is 1. The first-order chi connectivity index (χ1) is 8.72. The molecule has 2 fully saturated rings. The molecule has 0 spiro atoms. The molecule has 0 bridgehead atoms. The summed E-state index contributed by atoms with van der Waals surface area (Å²) in [6.07, 6.45) is 6.63. The van der Waals surface area contributed by atoms with Crippen molar-refractivity contribution in [3.63, 3.8) is 0 Å². The van der Waals surface area contributed by atoms with Gasteiger partial charge in [-0.15, -0.1) is 0 Å². The van der Waals surface area contributed by atoms with Crippen LogP contribution in [0.3, 0.4) is 0 Å². The molecule has 2 N–H and O–H groups in total. The molecular weight excluding hydrogens is 224 g/mol. The van der Waals surface area contributed by atoms with Gasteiger partial charge in [0.15, 0.2) is 0 Å². The van der Waals surface area contributed by atoms with Gasteiger partial charge in [0.05, 0.1) is 6.26 Å². The molecular formula is C15H22N2O. The number of rotatable bonds is 4. The van der Waals surface area contributed by atoms with Crippen LogP contribution in [0, 0.1) is 11.8 Å². The van der Waals surface area contributed by atoms with Crippen LogP contribution in [0.4, 0.5) is 0 Å². The average molecular weight is 246 g/mol. The zero-order valence-electron chi connectivity index (χ0n) is 11.0. The number of hydrogen-bond acceptors (Lipinski definition) is 3. The van der Waals surface area contributed by atoms with E-state index in [0.717, 1.165) is 30.7 Å². The molecule has 0 amide bonds. The highest BCUT2D eigenvalue weighted by molar-refractivity contribution is 5.46. The van der Waals surface area contributed by atoms with E-state index in [1.165, 1.54) is 25.0 Å². The van der Waals surface area contributed by atoms with Gasteiger partial charge < -0.3 is 10.2 Å². The van der Waals surface area contributed by atoms with E-state index in [0.29, 0.717) is 6.04 Å². The van der Waals surface area contributed by atoms with Gasteiger partial charge in [-0.1, -0.05) is 5.57 Å². The van der Waals surface area contributed by atoms with Crippen LogP contribution in [0.2, 0.25) is 0 Å². The Balaban J connectivity index is 1.57.